The number of halogens is 1. The minimum absolute atomic E-state index is 0.415. The number of carboxylic acid groups (broad SMARTS) is 1. The van der Waals surface area contributed by atoms with E-state index >= 15 is 0 Å². The lowest BCUT2D eigenvalue weighted by atomic mass is 9.90. The van der Waals surface area contributed by atoms with E-state index in [0.29, 0.717) is 18.7 Å². The van der Waals surface area contributed by atoms with Crippen molar-refractivity contribution in [2.45, 2.75) is 26.3 Å². The van der Waals surface area contributed by atoms with Crippen molar-refractivity contribution in [2.75, 3.05) is 13.1 Å². The first-order valence-corrected chi connectivity index (χ1v) is 5.71. The predicted octanol–water partition coefficient (Wildman–Crippen LogP) is 2.47. The number of carboxylic acids is 1. The Morgan fingerprint density at radius 2 is 2.00 bits per heavy atom. The molecule has 1 N–H and O–H groups in total. The Balaban J connectivity index is 3.29. The van der Waals surface area contributed by atoms with E-state index in [-0.39, 0.29) is 0 Å². The maximum Gasteiger partial charge on any atom is 0.328 e. The Kier molecular flexibility index (Phi) is 4.23. The van der Waals surface area contributed by atoms with Crippen LogP contribution in [-0.4, -0.2) is 29.1 Å². The van der Waals surface area contributed by atoms with Gasteiger partial charge in [-0.2, -0.15) is 0 Å². The van der Waals surface area contributed by atoms with Gasteiger partial charge in [0.25, 0.3) is 0 Å². The maximum absolute atomic E-state index is 13.2. The highest BCUT2D eigenvalue weighted by atomic mass is 19.1. The molecule has 0 amide bonds. The molecule has 4 heteroatoms. The van der Waals surface area contributed by atoms with Crippen LogP contribution in [0.2, 0.25) is 0 Å². The zero-order valence-electron chi connectivity index (χ0n) is 10.4. The molecular weight excluding hydrogens is 221 g/mol. The van der Waals surface area contributed by atoms with E-state index < -0.39 is 17.3 Å². The van der Waals surface area contributed by atoms with Crippen molar-refractivity contribution in [1.29, 1.82) is 0 Å². The van der Waals surface area contributed by atoms with Crippen LogP contribution < -0.4 is 0 Å². The van der Waals surface area contributed by atoms with Crippen LogP contribution in [0, 0.1) is 5.82 Å². The van der Waals surface area contributed by atoms with Gasteiger partial charge in [-0.15, -0.1) is 0 Å². The SMILES string of the molecule is CCN(CC)C(C)(C(=O)O)c1cccc(F)c1. The Hall–Kier alpha value is -1.42. The lowest BCUT2D eigenvalue weighted by molar-refractivity contribution is -0.151. The topological polar surface area (TPSA) is 40.5 Å². The van der Waals surface area contributed by atoms with Crippen LogP contribution in [0.4, 0.5) is 4.39 Å². The van der Waals surface area contributed by atoms with Gasteiger partial charge in [0.15, 0.2) is 0 Å². The molecule has 0 aromatic heterocycles. The molecule has 0 spiro atoms. The van der Waals surface area contributed by atoms with Gasteiger partial charge in [0.2, 0.25) is 0 Å². The summed E-state index contributed by atoms with van der Waals surface area (Å²) in [6, 6.07) is 5.78. The van der Waals surface area contributed by atoms with E-state index in [2.05, 4.69) is 0 Å². The minimum atomic E-state index is -1.19. The third-order valence-electron chi connectivity index (χ3n) is 3.20. The molecule has 94 valence electrons. The predicted molar refractivity (Wildman–Crippen MR) is 64.3 cm³/mol. The molecule has 17 heavy (non-hydrogen) atoms. The summed E-state index contributed by atoms with van der Waals surface area (Å²) in [5, 5.41) is 9.45. The summed E-state index contributed by atoms with van der Waals surface area (Å²) in [6.07, 6.45) is 0. The molecule has 1 aromatic carbocycles. The number of hydrogen-bond acceptors (Lipinski definition) is 2. The summed E-state index contributed by atoms with van der Waals surface area (Å²) in [7, 11) is 0. The van der Waals surface area contributed by atoms with Crippen molar-refractivity contribution in [1.82, 2.24) is 4.90 Å². The van der Waals surface area contributed by atoms with Crippen molar-refractivity contribution in [3.8, 4) is 0 Å². The number of hydrogen-bond donors (Lipinski definition) is 1. The molecule has 3 nitrogen and oxygen atoms in total. The molecular formula is C13H18FNO2. The molecule has 1 unspecified atom stereocenters. The van der Waals surface area contributed by atoms with Gasteiger partial charge in [0.05, 0.1) is 0 Å². The first kappa shape index (κ1) is 13.6. The molecule has 0 radical (unpaired) electrons. The second kappa shape index (κ2) is 5.27. The quantitative estimate of drug-likeness (QED) is 0.858. The first-order valence-electron chi connectivity index (χ1n) is 5.71. The highest BCUT2D eigenvalue weighted by molar-refractivity contribution is 5.80. The molecule has 0 bridgehead atoms. The number of benzene rings is 1. The number of aliphatic carboxylic acids is 1. The number of nitrogens with zero attached hydrogens (tertiary/aromatic N) is 1. The molecule has 0 saturated heterocycles. The molecule has 1 rings (SSSR count). The summed E-state index contributed by atoms with van der Waals surface area (Å²) in [5.74, 6) is -1.38. The molecule has 0 heterocycles. The summed E-state index contributed by atoms with van der Waals surface area (Å²) >= 11 is 0. The Morgan fingerprint density at radius 3 is 2.41 bits per heavy atom. The molecule has 1 atom stereocenters. The van der Waals surface area contributed by atoms with E-state index in [1.54, 1.807) is 17.9 Å². The van der Waals surface area contributed by atoms with E-state index in [9.17, 15) is 14.3 Å². The Bertz CT molecular complexity index is 404. The van der Waals surface area contributed by atoms with Crippen LogP contribution in [0.15, 0.2) is 24.3 Å². The van der Waals surface area contributed by atoms with Crippen molar-refractivity contribution >= 4 is 5.97 Å². The van der Waals surface area contributed by atoms with Gasteiger partial charge in [0, 0.05) is 0 Å². The number of rotatable bonds is 5. The van der Waals surface area contributed by atoms with Gasteiger partial charge < -0.3 is 5.11 Å². The van der Waals surface area contributed by atoms with E-state index in [1.165, 1.54) is 18.2 Å². The molecule has 0 aliphatic heterocycles. The zero-order valence-corrected chi connectivity index (χ0v) is 10.4. The second-order valence-corrected chi connectivity index (χ2v) is 4.06. The van der Waals surface area contributed by atoms with Crippen LogP contribution in [0.1, 0.15) is 26.3 Å². The molecule has 0 aliphatic carbocycles. The lowest BCUT2D eigenvalue weighted by Gasteiger charge is -2.36. The minimum Gasteiger partial charge on any atom is -0.480 e. The van der Waals surface area contributed by atoms with Crippen LogP contribution in [-0.2, 0) is 10.3 Å². The molecule has 0 fully saturated rings. The summed E-state index contributed by atoms with van der Waals surface area (Å²) in [4.78, 5) is 13.3. The first-order chi connectivity index (χ1) is 7.96. The van der Waals surface area contributed by atoms with Crippen LogP contribution >= 0.6 is 0 Å². The van der Waals surface area contributed by atoms with Crippen molar-refractivity contribution in [2.24, 2.45) is 0 Å². The van der Waals surface area contributed by atoms with Gasteiger partial charge in [-0.05, 0) is 37.7 Å². The normalized spacial score (nSPS) is 14.6. The van der Waals surface area contributed by atoms with E-state index in [4.69, 9.17) is 0 Å². The standard InChI is InChI=1S/C13H18FNO2/c1-4-15(5-2)13(3,12(16)17)10-7-6-8-11(14)9-10/h6-9H,4-5H2,1-3H3,(H,16,17). The molecule has 0 saturated carbocycles. The van der Waals surface area contributed by atoms with E-state index in [1.807, 2.05) is 13.8 Å². The third-order valence-corrected chi connectivity index (χ3v) is 3.20. The van der Waals surface area contributed by atoms with E-state index in [0.717, 1.165) is 0 Å². The van der Waals surface area contributed by atoms with Crippen molar-refractivity contribution in [3.05, 3.63) is 35.6 Å². The monoisotopic (exact) mass is 239 g/mol. The van der Waals surface area contributed by atoms with Gasteiger partial charge in [0.1, 0.15) is 11.4 Å². The Labute approximate surface area is 101 Å². The molecule has 1 aromatic rings. The Morgan fingerprint density at radius 1 is 1.41 bits per heavy atom. The molecule has 0 aliphatic rings. The van der Waals surface area contributed by atoms with Crippen molar-refractivity contribution in [3.63, 3.8) is 0 Å². The van der Waals surface area contributed by atoms with Gasteiger partial charge in [-0.3, -0.25) is 4.90 Å². The highest BCUT2D eigenvalue weighted by Crippen LogP contribution is 2.28. The van der Waals surface area contributed by atoms with Gasteiger partial charge in [-0.25, -0.2) is 9.18 Å². The maximum atomic E-state index is 13.2. The van der Waals surface area contributed by atoms with Crippen LogP contribution in [0.25, 0.3) is 0 Å². The largest absolute Gasteiger partial charge is 0.480 e. The summed E-state index contributed by atoms with van der Waals surface area (Å²) in [6.45, 7) is 6.58. The zero-order chi connectivity index (χ0) is 13.1. The van der Waals surface area contributed by atoms with Crippen molar-refractivity contribution < 1.29 is 14.3 Å². The fraction of sp³-hybridized carbons (Fsp3) is 0.462. The van der Waals surface area contributed by atoms with Gasteiger partial charge in [-0.1, -0.05) is 26.0 Å². The number of carbonyl (C=O) groups is 1. The highest BCUT2D eigenvalue weighted by Gasteiger charge is 2.40. The second-order valence-electron chi connectivity index (χ2n) is 4.06. The average Bonchev–Trinajstić information content (AvgIpc) is 2.30. The van der Waals surface area contributed by atoms with Crippen LogP contribution in [0.3, 0.4) is 0 Å². The van der Waals surface area contributed by atoms with Gasteiger partial charge >= 0.3 is 5.97 Å². The fourth-order valence-corrected chi connectivity index (χ4v) is 2.09. The number of likely N-dealkylation sites (N-methyl/N-ethyl adjacent to an activating group) is 1. The summed E-state index contributed by atoms with van der Waals surface area (Å²) < 4.78 is 13.2. The van der Waals surface area contributed by atoms with Crippen LogP contribution in [0.5, 0.6) is 0 Å². The summed E-state index contributed by atoms with van der Waals surface area (Å²) in [5.41, 5.74) is -0.722. The average molecular weight is 239 g/mol. The smallest absolute Gasteiger partial charge is 0.328 e. The third kappa shape index (κ3) is 2.47. The fourth-order valence-electron chi connectivity index (χ4n) is 2.09. The lowest BCUT2D eigenvalue weighted by Crippen LogP contribution is -2.49.